The minimum Gasteiger partial charge on any atom is -0.480 e. The molecule has 0 bridgehead atoms. The number of amides is 1. The standard InChI is InChI=1S/C28H29F9N2O4/c1-6-41-17(5)39(13-15(2)3)23-8-7-22(43-28(35,36)37)11-19(23)14-38-16(4)24(42-25(38)40)18-9-20(26(29,30)31)12-21(10-18)27(32,33)34/h7-12,15-16,24H,5-6,13-14H2,1-4H3/t16-,24-/m0/s1. The molecule has 0 aromatic heterocycles. The highest BCUT2D eigenvalue weighted by Gasteiger charge is 2.43. The molecule has 15 heteroatoms. The third-order valence-corrected chi connectivity index (χ3v) is 6.41. The SMILES string of the molecule is C=C(OCC)N(CC(C)C)c1ccc(OC(F)(F)F)cc1CN1C(=O)O[C@H](c2cc(C(F)(F)F)cc(C(F)(F)F)c2)[C@@H]1C. The van der Waals surface area contributed by atoms with E-state index in [9.17, 15) is 44.3 Å². The summed E-state index contributed by atoms with van der Waals surface area (Å²) in [5.41, 5.74) is -3.35. The third kappa shape index (κ3) is 8.41. The highest BCUT2D eigenvalue weighted by Crippen LogP contribution is 2.42. The van der Waals surface area contributed by atoms with Crippen molar-refractivity contribution in [3.05, 3.63) is 71.1 Å². The van der Waals surface area contributed by atoms with Crippen LogP contribution in [0.3, 0.4) is 0 Å². The Morgan fingerprint density at radius 3 is 2.07 bits per heavy atom. The third-order valence-electron chi connectivity index (χ3n) is 6.41. The molecule has 6 nitrogen and oxygen atoms in total. The Morgan fingerprint density at radius 2 is 1.58 bits per heavy atom. The molecule has 2 aromatic carbocycles. The van der Waals surface area contributed by atoms with Gasteiger partial charge in [0.2, 0.25) is 0 Å². The molecule has 1 aliphatic heterocycles. The molecule has 0 unspecified atom stereocenters. The Morgan fingerprint density at radius 1 is 1.00 bits per heavy atom. The van der Waals surface area contributed by atoms with E-state index >= 15 is 0 Å². The van der Waals surface area contributed by atoms with Crippen molar-refractivity contribution in [3.8, 4) is 5.75 Å². The van der Waals surface area contributed by atoms with E-state index in [2.05, 4.69) is 11.3 Å². The molecule has 2 atom stereocenters. The van der Waals surface area contributed by atoms with Gasteiger partial charge in [0.25, 0.3) is 0 Å². The molecule has 1 heterocycles. The van der Waals surface area contributed by atoms with Gasteiger partial charge in [-0.25, -0.2) is 4.79 Å². The number of ether oxygens (including phenoxy) is 3. The zero-order valence-corrected chi connectivity index (χ0v) is 23.5. The second kappa shape index (κ2) is 12.4. The molecule has 0 spiro atoms. The fraction of sp³-hybridized carbons (Fsp3) is 0.464. The average Bonchev–Trinajstić information content (AvgIpc) is 3.14. The van der Waals surface area contributed by atoms with E-state index in [0.717, 1.165) is 17.0 Å². The molecule has 0 saturated carbocycles. The summed E-state index contributed by atoms with van der Waals surface area (Å²) in [5.74, 6) is -0.470. The van der Waals surface area contributed by atoms with E-state index in [1.54, 1.807) is 11.8 Å². The number of halogens is 9. The highest BCUT2D eigenvalue weighted by molar-refractivity contribution is 5.72. The summed E-state index contributed by atoms with van der Waals surface area (Å²) >= 11 is 0. The minimum atomic E-state index is -5.13. The number of carbonyl (C=O) groups excluding carboxylic acids is 1. The van der Waals surface area contributed by atoms with E-state index in [1.165, 1.54) is 13.0 Å². The van der Waals surface area contributed by atoms with Gasteiger partial charge in [-0.2, -0.15) is 26.3 Å². The number of anilines is 1. The van der Waals surface area contributed by atoms with Crippen LogP contribution in [0.2, 0.25) is 0 Å². The Kier molecular flexibility index (Phi) is 9.76. The summed E-state index contributed by atoms with van der Waals surface area (Å²) in [6, 6.07) is 3.12. The van der Waals surface area contributed by atoms with Gasteiger partial charge in [-0.15, -0.1) is 13.2 Å². The second-order valence-electron chi connectivity index (χ2n) is 10.2. The number of rotatable bonds is 10. The Balaban J connectivity index is 2.07. The van der Waals surface area contributed by atoms with Crippen molar-refractivity contribution in [3.63, 3.8) is 0 Å². The van der Waals surface area contributed by atoms with Gasteiger partial charge in [0.05, 0.1) is 30.3 Å². The van der Waals surface area contributed by atoms with Crippen LogP contribution in [0.15, 0.2) is 48.9 Å². The van der Waals surface area contributed by atoms with Crippen molar-refractivity contribution in [1.29, 1.82) is 0 Å². The quantitative estimate of drug-likeness (QED) is 0.195. The zero-order chi connectivity index (χ0) is 32.5. The lowest BCUT2D eigenvalue weighted by Gasteiger charge is -2.31. The molecule has 1 aliphatic rings. The normalized spacial score (nSPS) is 17.7. The fourth-order valence-electron chi connectivity index (χ4n) is 4.58. The minimum absolute atomic E-state index is 0.0000451. The van der Waals surface area contributed by atoms with Crippen LogP contribution in [-0.2, 0) is 28.4 Å². The zero-order valence-electron chi connectivity index (χ0n) is 23.5. The summed E-state index contributed by atoms with van der Waals surface area (Å²) in [7, 11) is 0. The van der Waals surface area contributed by atoms with Crippen molar-refractivity contribution < 1.29 is 58.5 Å². The molecule has 0 N–H and O–H groups in total. The molecule has 1 fully saturated rings. The average molecular weight is 629 g/mol. The lowest BCUT2D eigenvalue weighted by Crippen LogP contribution is -2.34. The lowest BCUT2D eigenvalue weighted by molar-refractivity contribution is -0.274. The van der Waals surface area contributed by atoms with Crippen LogP contribution in [-0.4, -0.2) is 36.5 Å². The summed E-state index contributed by atoms with van der Waals surface area (Å²) < 4.78 is 135. The summed E-state index contributed by atoms with van der Waals surface area (Å²) in [6.07, 6.45) is -18.0. The first-order valence-electron chi connectivity index (χ1n) is 13.0. The maximum absolute atomic E-state index is 13.4. The first-order valence-corrected chi connectivity index (χ1v) is 13.0. The molecule has 3 rings (SSSR count). The Labute approximate surface area is 241 Å². The first kappa shape index (κ1) is 33.7. The number of hydrogen-bond donors (Lipinski definition) is 0. The van der Waals surface area contributed by atoms with E-state index in [-0.39, 0.29) is 35.7 Å². The van der Waals surface area contributed by atoms with E-state index in [4.69, 9.17) is 9.47 Å². The predicted molar refractivity (Wildman–Crippen MR) is 137 cm³/mol. The Bertz CT molecular complexity index is 1290. The molecular formula is C28H29F9N2O4. The number of nitrogens with zero attached hydrogens (tertiary/aromatic N) is 2. The topological polar surface area (TPSA) is 51.2 Å². The Hall–Kier alpha value is -3.78. The number of hydrogen-bond acceptors (Lipinski definition) is 5. The smallest absolute Gasteiger partial charge is 0.480 e. The number of cyclic esters (lactones) is 1. The van der Waals surface area contributed by atoms with Crippen molar-refractivity contribution >= 4 is 11.8 Å². The largest absolute Gasteiger partial charge is 0.573 e. The van der Waals surface area contributed by atoms with Gasteiger partial charge in [-0.3, -0.25) is 4.90 Å². The van der Waals surface area contributed by atoms with E-state index in [0.29, 0.717) is 18.7 Å². The van der Waals surface area contributed by atoms with Gasteiger partial charge in [0.1, 0.15) is 11.9 Å². The van der Waals surface area contributed by atoms with Crippen molar-refractivity contribution in [1.82, 2.24) is 4.90 Å². The lowest BCUT2D eigenvalue weighted by atomic mass is 9.97. The van der Waals surface area contributed by atoms with Gasteiger partial charge in [0, 0.05) is 12.2 Å². The molecule has 1 saturated heterocycles. The van der Waals surface area contributed by atoms with Crippen LogP contribution in [0.4, 0.5) is 50.0 Å². The maximum atomic E-state index is 13.4. The molecule has 0 aliphatic carbocycles. The van der Waals surface area contributed by atoms with Crippen LogP contribution in [0.5, 0.6) is 5.75 Å². The number of benzene rings is 2. The first-order chi connectivity index (χ1) is 19.7. The fourth-order valence-corrected chi connectivity index (χ4v) is 4.58. The molecule has 43 heavy (non-hydrogen) atoms. The van der Waals surface area contributed by atoms with Gasteiger partial charge < -0.3 is 19.1 Å². The number of alkyl halides is 9. The number of carbonyl (C=O) groups is 1. The summed E-state index contributed by atoms with van der Waals surface area (Å²) in [4.78, 5) is 15.5. The monoisotopic (exact) mass is 628 g/mol. The van der Waals surface area contributed by atoms with Crippen LogP contribution in [0, 0.1) is 5.92 Å². The van der Waals surface area contributed by atoms with Crippen molar-refractivity contribution in [2.45, 2.75) is 65.1 Å². The van der Waals surface area contributed by atoms with Gasteiger partial charge in [-0.1, -0.05) is 13.8 Å². The van der Waals surface area contributed by atoms with Gasteiger partial charge in [0.15, 0.2) is 5.88 Å². The van der Waals surface area contributed by atoms with Crippen LogP contribution < -0.4 is 9.64 Å². The van der Waals surface area contributed by atoms with Crippen LogP contribution in [0.1, 0.15) is 56.1 Å². The van der Waals surface area contributed by atoms with Crippen LogP contribution >= 0.6 is 0 Å². The van der Waals surface area contributed by atoms with Crippen molar-refractivity contribution in [2.75, 3.05) is 18.1 Å². The summed E-state index contributed by atoms with van der Waals surface area (Å²) in [6.45, 7) is 10.7. The van der Waals surface area contributed by atoms with Gasteiger partial charge >= 0.3 is 24.8 Å². The van der Waals surface area contributed by atoms with E-state index < -0.39 is 65.9 Å². The molecule has 238 valence electrons. The van der Waals surface area contributed by atoms with Gasteiger partial charge in [-0.05, 0) is 73.9 Å². The second-order valence-corrected chi connectivity index (χ2v) is 10.2. The molecule has 1 amide bonds. The maximum Gasteiger partial charge on any atom is 0.573 e. The molecule has 2 aromatic rings. The molecule has 0 radical (unpaired) electrons. The van der Waals surface area contributed by atoms with Crippen LogP contribution in [0.25, 0.3) is 0 Å². The van der Waals surface area contributed by atoms with E-state index in [1.807, 2.05) is 13.8 Å². The van der Waals surface area contributed by atoms with Crippen molar-refractivity contribution in [2.24, 2.45) is 5.92 Å². The highest BCUT2D eigenvalue weighted by atomic mass is 19.4. The summed E-state index contributed by atoms with van der Waals surface area (Å²) in [5, 5.41) is 0. The molecular weight excluding hydrogens is 599 g/mol. The predicted octanol–water partition coefficient (Wildman–Crippen LogP) is 8.67.